The van der Waals surface area contributed by atoms with E-state index in [-0.39, 0.29) is 5.82 Å². The molecule has 0 amide bonds. The van der Waals surface area contributed by atoms with Crippen LogP contribution in [0, 0.1) is 19.7 Å². The van der Waals surface area contributed by atoms with E-state index in [0.717, 1.165) is 0 Å². The van der Waals surface area contributed by atoms with Crippen molar-refractivity contribution < 1.29 is 4.39 Å². The van der Waals surface area contributed by atoms with Gasteiger partial charge in [-0.05, 0) is 48.7 Å². The van der Waals surface area contributed by atoms with E-state index < -0.39 is 0 Å². The summed E-state index contributed by atoms with van der Waals surface area (Å²) in [7, 11) is 0. The first kappa shape index (κ1) is 12.9. The quantitative estimate of drug-likeness (QED) is 0.846. The molecule has 0 bridgehead atoms. The van der Waals surface area contributed by atoms with E-state index in [4.69, 9.17) is 11.6 Å². The first-order valence-corrected chi connectivity index (χ1v) is 6.18. The number of nitrogens with one attached hydrogen (secondary N) is 1. The second-order valence-electron chi connectivity index (χ2n) is 4.43. The molecule has 0 atom stereocenters. The summed E-state index contributed by atoms with van der Waals surface area (Å²) in [5, 5.41) is 3.57. The van der Waals surface area contributed by atoms with E-state index >= 15 is 0 Å². The molecule has 2 aromatic carbocycles. The lowest BCUT2D eigenvalue weighted by atomic mass is 10.1. The predicted molar refractivity (Wildman–Crippen MR) is 74.7 cm³/mol. The highest BCUT2D eigenvalue weighted by atomic mass is 35.5. The van der Waals surface area contributed by atoms with E-state index in [2.05, 4.69) is 37.4 Å². The van der Waals surface area contributed by atoms with Crippen molar-refractivity contribution in [1.82, 2.24) is 0 Å². The van der Waals surface area contributed by atoms with Crippen molar-refractivity contribution in [2.75, 3.05) is 5.32 Å². The molecular formula is C15H15ClFN. The van der Waals surface area contributed by atoms with Gasteiger partial charge in [0.15, 0.2) is 0 Å². The first-order valence-electron chi connectivity index (χ1n) is 5.81. The third-order valence-electron chi connectivity index (χ3n) is 2.93. The molecule has 2 aromatic rings. The van der Waals surface area contributed by atoms with Crippen LogP contribution in [0.2, 0.25) is 5.02 Å². The summed E-state index contributed by atoms with van der Waals surface area (Å²) in [4.78, 5) is 0. The van der Waals surface area contributed by atoms with Gasteiger partial charge in [0.1, 0.15) is 5.82 Å². The zero-order valence-corrected chi connectivity index (χ0v) is 11.2. The van der Waals surface area contributed by atoms with Gasteiger partial charge in [-0.1, -0.05) is 29.8 Å². The average molecular weight is 264 g/mol. The summed E-state index contributed by atoms with van der Waals surface area (Å²) in [5.74, 6) is -0.329. The Morgan fingerprint density at radius 3 is 2.50 bits per heavy atom. The van der Waals surface area contributed by atoms with E-state index in [0.29, 0.717) is 17.3 Å². The zero-order chi connectivity index (χ0) is 13.1. The number of halogens is 2. The molecule has 1 N–H and O–H groups in total. The van der Waals surface area contributed by atoms with Crippen molar-refractivity contribution in [3.63, 3.8) is 0 Å². The zero-order valence-electron chi connectivity index (χ0n) is 10.4. The van der Waals surface area contributed by atoms with Gasteiger partial charge < -0.3 is 5.32 Å². The largest absolute Gasteiger partial charge is 0.381 e. The molecule has 3 heteroatoms. The van der Waals surface area contributed by atoms with E-state index in [1.54, 1.807) is 6.07 Å². The van der Waals surface area contributed by atoms with Crippen LogP contribution in [-0.2, 0) is 6.54 Å². The first-order chi connectivity index (χ1) is 8.54. The maximum Gasteiger partial charge on any atom is 0.126 e. The van der Waals surface area contributed by atoms with Crippen LogP contribution in [0.1, 0.15) is 16.7 Å². The molecule has 0 unspecified atom stereocenters. The molecule has 1 nitrogen and oxygen atoms in total. The minimum absolute atomic E-state index is 0.329. The predicted octanol–water partition coefficient (Wildman–Crippen LogP) is 4.71. The molecule has 0 radical (unpaired) electrons. The monoisotopic (exact) mass is 263 g/mol. The third-order valence-corrected chi connectivity index (χ3v) is 3.15. The highest BCUT2D eigenvalue weighted by molar-refractivity contribution is 6.30. The Bertz CT molecular complexity index is 546. The molecule has 0 aliphatic heterocycles. The van der Waals surface area contributed by atoms with Crippen molar-refractivity contribution in [2.24, 2.45) is 0 Å². The number of hydrogen-bond acceptors (Lipinski definition) is 1. The Kier molecular flexibility index (Phi) is 3.87. The van der Waals surface area contributed by atoms with Gasteiger partial charge in [-0.3, -0.25) is 0 Å². The van der Waals surface area contributed by atoms with Crippen LogP contribution < -0.4 is 5.32 Å². The SMILES string of the molecule is Cc1ccc(CNc2cc(F)cc(Cl)c2)cc1C. The lowest BCUT2D eigenvalue weighted by molar-refractivity contribution is 0.628. The van der Waals surface area contributed by atoms with Crippen LogP contribution in [0.5, 0.6) is 0 Å². The molecule has 2 rings (SSSR count). The molecule has 0 aliphatic carbocycles. The van der Waals surface area contributed by atoms with Crippen LogP contribution in [0.25, 0.3) is 0 Å². The Balaban J connectivity index is 2.08. The average Bonchev–Trinajstić information content (AvgIpc) is 2.29. The highest BCUT2D eigenvalue weighted by Gasteiger charge is 2.00. The van der Waals surface area contributed by atoms with Crippen molar-refractivity contribution >= 4 is 17.3 Å². The van der Waals surface area contributed by atoms with Crippen molar-refractivity contribution in [3.05, 3.63) is 63.9 Å². The van der Waals surface area contributed by atoms with E-state index in [1.165, 1.54) is 28.8 Å². The molecule has 0 saturated heterocycles. The fraction of sp³-hybridized carbons (Fsp3) is 0.200. The maximum absolute atomic E-state index is 13.1. The van der Waals surface area contributed by atoms with E-state index in [1.807, 2.05) is 0 Å². The number of anilines is 1. The van der Waals surface area contributed by atoms with Gasteiger partial charge in [0.05, 0.1) is 0 Å². The summed E-state index contributed by atoms with van der Waals surface area (Å²) in [6.07, 6.45) is 0. The van der Waals surface area contributed by atoms with Crippen LogP contribution in [0.4, 0.5) is 10.1 Å². The van der Waals surface area contributed by atoms with Crippen molar-refractivity contribution in [2.45, 2.75) is 20.4 Å². The minimum atomic E-state index is -0.329. The van der Waals surface area contributed by atoms with Crippen molar-refractivity contribution in [1.29, 1.82) is 0 Å². The number of aryl methyl sites for hydroxylation is 2. The van der Waals surface area contributed by atoms with Crippen LogP contribution in [0.15, 0.2) is 36.4 Å². The summed E-state index contributed by atoms with van der Waals surface area (Å²) in [5.41, 5.74) is 4.39. The lowest BCUT2D eigenvalue weighted by Crippen LogP contribution is -2.00. The Morgan fingerprint density at radius 1 is 1.06 bits per heavy atom. The van der Waals surface area contributed by atoms with Crippen LogP contribution >= 0.6 is 11.6 Å². The Hall–Kier alpha value is -1.54. The molecule has 0 aromatic heterocycles. The van der Waals surface area contributed by atoms with Gasteiger partial charge in [-0.15, -0.1) is 0 Å². The Morgan fingerprint density at radius 2 is 1.83 bits per heavy atom. The fourth-order valence-corrected chi connectivity index (χ4v) is 2.00. The molecule has 94 valence electrons. The van der Waals surface area contributed by atoms with E-state index in [9.17, 15) is 4.39 Å². The molecule has 0 spiro atoms. The fourth-order valence-electron chi connectivity index (χ4n) is 1.77. The summed E-state index contributed by atoms with van der Waals surface area (Å²) < 4.78 is 13.1. The van der Waals surface area contributed by atoms with Crippen molar-refractivity contribution in [3.8, 4) is 0 Å². The summed E-state index contributed by atoms with van der Waals surface area (Å²) in [6.45, 7) is 4.82. The lowest BCUT2D eigenvalue weighted by Gasteiger charge is -2.09. The standard InChI is InChI=1S/C15H15ClFN/c1-10-3-4-12(5-11(10)2)9-18-15-7-13(16)6-14(17)8-15/h3-8,18H,9H2,1-2H3. The third kappa shape index (κ3) is 3.23. The topological polar surface area (TPSA) is 12.0 Å². The van der Waals surface area contributed by atoms with Gasteiger partial charge in [0.2, 0.25) is 0 Å². The normalized spacial score (nSPS) is 10.4. The smallest absolute Gasteiger partial charge is 0.126 e. The van der Waals surface area contributed by atoms with Gasteiger partial charge >= 0.3 is 0 Å². The molecule has 0 heterocycles. The Labute approximate surface area is 112 Å². The van der Waals surface area contributed by atoms with Gasteiger partial charge in [0.25, 0.3) is 0 Å². The van der Waals surface area contributed by atoms with Crippen LogP contribution in [0.3, 0.4) is 0 Å². The molecule has 0 saturated carbocycles. The second-order valence-corrected chi connectivity index (χ2v) is 4.87. The highest BCUT2D eigenvalue weighted by Crippen LogP contribution is 2.19. The molecule has 0 fully saturated rings. The molecule has 18 heavy (non-hydrogen) atoms. The summed E-state index contributed by atoms with van der Waals surface area (Å²) >= 11 is 5.80. The minimum Gasteiger partial charge on any atom is -0.381 e. The van der Waals surface area contributed by atoms with Crippen LogP contribution in [-0.4, -0.2) is 0 Å². The number of hydrogen-bond donors (Lipinski definition) is 1. The second kappa shape index (κ2) is 5.40. The van der Waals surface area contributed by atoms with Gasteiger partial charge in [-0.25, -0.2) is 4.39 Å². The molecular weight excluding hydrogens is 249 g/mol. The van der Waals surface area contributed by atoms with Gasteiger partial charge in [-0.2, -0.15) is 0 Å². The molecule has 0 aliphatic rings. The maximum atomic E-state index is 13.1. The van der Waals surface area contributed by atoms with Gasteiger partial charge in [0, 0.05) is 17.3 Å². The number of benzene rings is 2. The number of rotatable bonds is 3. The summed E-state index contributed by atoms with van der Waals surface area (Å²) in [6, 6.07) is 10.7.